The maximum Gasteiger partial charge on any atom is 0.416 e. The minimum atomic E-state index is -4.96. The van der Waals surface area contributed by atoms with E-state index in [0.29, 0.717) is 44.7 Å². The van der Waals surface area contributed by atoms with Crippen LogP contribution in [0.15, 0.2) is 66.7 Å². The van der Waals surface area contributed by atoms with Gasteiger partial charge in [-0.1, -0.05) is 24.3 Å². The number of carbonyl (C=O) groups excluding carboxylic acids is 1. The molecule has 0 spiro atoms. The summed E-state index contributed by atoms with van der Waals surface area (Å²) in [5, 5.41) is 2.38. The predicted molar refractivity (Wildman–Crippen MR) is 147 cm³/mol. The molecule has 1 N–H and O–H groups in total. The van der Waals surface area contributed by atoms with Gasteiger partial charge in [0.2, 0.25) is 0 Å². The molecule has 0 unspecified atom stereocenters. The predicted octanol–water partition coefficient (Wildman–Crippen LogP) is 6.92. The standard InChI is InChI=1S/C30H30F7N5O/c1-40(19-27-39-25-6-3-4-7-26(25)42(27)18-20-8-10-24(31)11-9-20)12-5-13-41(2)28(43)38-17-21-14-22(29(32,33)34)16-23(15-21)30(35,36)37/h3-4,6-11,14-16H,5,12-13,17-19H2,1-2H3,(H,38,43). The Morgan fingerprint density at radius 3 is 2.12 bits per heavy atom. The summed E-state index contributed by atoms with van der Waals surface area (Å²) in [6.45, 7) is 1.35. The molecule has 0 fully saturated rings. The van der Waals surface area contributed by atoms with Crippen LogP contribution in [0.1, 0.15) is 34.5 Å². The second-order valence-corrected chi connectivity index (χ2v) is 10.3. The van der Waals surface area contributed by atoms with Crippen LogP contribution in [0.2, 0.25) is 0 Å². The quantitative estimate of drug-likeness (QED) is 0.199. The molecule has 0 aliphatic heterocycles. The number of benzene rings is 3. The molecule has 1 heterocycles. The number of rotatable bonds is 10. The Balaban J connectivity index is 1.32. The smallest absolute Gasteiger partial charge is 0.334 e. The molecule has 3 aromatic carbocycles. The first-order valence-electron chi connectivity index (χ1n) is 13.3. The number of hydrogen-bond donors (Lipinski definition) is 1. The van der Waals surface area contributed by atoms with Gasteiger partial charge in [-0.2, -0.15) is 26.3 Å². The summed E-state index contributed by atoms with van der Waals surface area (Å²) in [4.78, 5) is 20.6. The third-order valence-corrected chi connectivity index (χ3v) is 6.87. The highest BCUT2D eigenvalue weighted by Gasteiger charge is 2.36. The van der Waals surface area contributed by atoms with E-state index in [-0.39, 0.29) is 17.4 Å². The summed E-state index contributed by atoms with van der Waals surface area (Å²) >= 11 is 0. The fraction of sp³-hybridized carbons (Fsp3) is 0.333. The number of para-hydroxylation sites is 2. The first kappa shape index (κ1) is 31.8. The summed E-state index contributed by atoms with van der Waals surface area (Å²) in [6, 6.07) is 14.6. The van der Waals surface area contributed by atoms with Gasteiger partial charge in [0.05, 0.1) is 28.7 Å². The highest BCUT2D eigenvalue weighted by atomic mass is 19.4. The number of alkyl halides is 6. The zero-order valence-electron chi connectivity index (χ0n) is 23.4. The SMILES string of the molecule is CN(CCCN(C)C(=O)NCc1cc(C(F)(F)F)cc(C(F)(F)F)c1)Cc1nc2ccccc2n1Cc1ccc(F)cc1. The number of imidazole rings is 1. The molecular weight excluding hydrogens is 579 g/mol. The lowest BCUT2D eigenvalue weighted by molar-refractivity contribution is -0.143. The Bertz CT molecular complexity index is 1520. The normalized spacial score (nSPS) is 12.2. The summed E-state index contributed by atoms with van der Waals surface area (Å²) in [5.74, 6) is 0.488. The van der Waals surface area contributed by atoms with E-state index in [1.165, 1.54) is 24.1 Å². The number of fused-ring (bicyclic) bond motifs is 1. The lowest BCUT2D eigenvalue weighted by Crippen LogP contribution is -2.38. The van der Waals surface area contributed by atoms with Crippen LogP contribution < -0.4 is 5.32 Å². The van der Waals surface area contributed by atoms with Gasteiger partial charge < -0.3 is 14.8 Å². The van der Waals surface area contributed by atoms with Gasteiger partial charge in [-0.3, -0.25) is 4.90 Å². The van der Waals surface area contributed by atoms with Gasteiger partial charge in [-0.15, -0.1) is 0 Å². The first-order valence-corrected chi connectivity index (χ1v) is 13.3. The molecule has 43 heavy (non-hydrogen) atoms. The zero-order valence-corrected chi connectivity index (χ0v) is 23.4. The molecule has 4 rings (SSSR count). The van der Waals surface area contributed by atoms with Gasteiger partial charge in [0.15, 0.2) is 0 Å². The van der Waals surface area contributed by atoms with Crippen molar-refractivity contribution in [3.05, 3.63) is 101 Å². The van der Waals surface area contributed by atoms with Crippen molar-refractivity contribution in [3.63, 3.8) is 0 Å². The highest BCUT2D eigenvalue weighted by Crippen LogP contribution is 2.36. The highest BCUT2D eigenvalue weighted by molar-refractivity contribution is 5.76. The number of nitrogens with zero attached hydrogens (tertiary/aromatic N) is 4. The Kier molecular flexibility index (Phi) is 9.63. The summed E-state index contributed by atoms with van der Waals surface area (Å²) in [7, 11) is 3.39. The number of hydrogen-bond acceptors (Lipinski definition) is 3. The van der Waals surface area contributed by atoms with Gasteiger partial charge in [-0.25, -0.2) is 14.2 Å². The van der Waals surface area contributed by atoms with Crippen molar-refractivity contribution >= 4 is 17.1 Å². The van der Waals surface area contributed by atoms with Crippen molar-refractivity contribution in [2.75, 3.05) is 27.2 Å². The van der Waals surface area contributed by atoms with E-state index in [9.17, 15) is 35.5 Å². The van der Waals surface area contributed by atoms with Gasteiger partial charge in [0.25, 0.3) is 0 Å². The fourth-order valence-electron chi connectivity index (χ4n) is 4.63. The van der Waals surface area contributed by atoms with Crippen LogP contribution in [0.4, 0.5) is 35.5 Å². The van der Waals surface area contributed by atoms with Crippen LogP contribution in [0, 0.1) is 5.82 Å². The van der Waals surface area contributed by atoms with E-state index in [1.54, 1.807) is 12.1 Å². The monoisotopic (exact) mass is 609 g/mol. The van der Waals surface area contributed by atoms with Crippen molar-refractivity contribution in [1.82, 2.24) is 24.7 Å². The molecule has 13 heteroatoms. The maximum absolute atomic E-state index is 13.4. The van der Waals surface area contributed by atoms with Crippen LogP contribution in [0.5, 0.6) is 0 Å². The number of nitrogens with one attached hydrogen (secondary N) is 1. The Morgan fingerprint density at radius 2 is 1.49 bits per heavy atom. The molecule has 0 aliphatic rings. The van der Waals surface area contributed by atoms with Crippen LogP contribution in [0.25, 0.3) is 11.0 Å². The largest absolute Gasteiger partial charge is 0.416 e. The first-order chi connectivity index (χ1) is 20.2. The average Bonchev–Trinajstić information content (AvgIpc) is 3.28. The third-order valence-electron chi connectivity index (χ3n) is 6.87. The molecule has 230 valence electrons. The van der Waals surface area contributed by atoms with E-state index in [2.05, 4.69) is 9.88 Å². The van der Waals surface area contributed by atoms with Crippen molar-refractivity contribution in [2.45, 2.75) is 38.4 Å². The number of urea groups is 1. The summed E-state index contributed by atoms with van der Waals surface area (Å²) < 4.78 is 94.1. The molecule has 2 amide bonds. The maximum atomic E-state index is 13.4. The van der Waals surface area contributed by atoms with E-state index in [4.69, 9.17) is 4.98 Å². The molecule has 0 radical (unpaired) electrons. The molecule has 0 bridgehead atoms. The average molecular weight is 610 g/mol. The van der Waals surface area contributed by atoms with Crippen LogP contribution in [0.3, 0.4) is 0 Å². The van der Waals surface area contributed by atoms with Crippen molar-refractivity contribution < 1.29 is 35.5 Å². The molecule has 0 saturated heterocycles. The fourth-order valence-corrected chi connectivity index (χ4v) is 4.63. The minimum absolute atomic E-state index is 0.0474. The van der Waals surface area contributed by atoms with Gasteiger partial charge in [0, 0.05) is 26.7 Å². The van der Waals surface area contributed by atoms with Crippen molar-refractivity contribution in [1.29, 1.82) is 0 Å². The molecule has 0 aliphatic carbocycles. The molecule has 1 aromatic heterocycles. The third kappa shape index (κ3) is 8.46. The number of halogens is 7. The Morgan fingerprint density at radius 1 is 0.860 bits per heavy atom. The van der Waals surface area contributed by atoms with Gasteiger partial charge in [-0.05, 0) is 73.6 Å². The van der Waals surface area contributed by atoms with E-state index in [1.807, 2.05) is 36.2 Å². The van der Waals surface area contributed by atoms with E-state index >= 15 is 0 Å². The number of carbonyl (C=O) groups is 1. The Hall–Kier alpha value is -4.13. The second-order valence-electron chi connectivity index (χ2n) is 10.3. The lowest BCUT2D eigenvalue weighted by Gasteiger charge is -2.21. The van der Waals surface area contributed by atoms with Crippen LogP contribution in [-0.2, 0) is 32.0 Å². The zero-order chi connectivity index (χ0) is 31.4. The second kappa shape index (κ2) is 13.0. The van der Waals surface area contributed by atoms with Crippen LogP contribution in [-0.4, -0.2) is 52.6 Å². The summed E-state index contributed by atoms with van der Waals surface area (Å²) in [5.41, 5.74) is -0.501. The van der Waals surface area contributed by atoms with Crippen LogP contribution >= 0.6 is 0 Å². The van der Waals surface area contributed by atoms with E-state index in [0.717, 1.165) is 22.4 Å². The van der Waals surface area contributed by atoms with Crippen molar-refractivity contribution in [3.8, 4) is 0 Å². The molecule has 0 saturated carbocycles. The molecular formula is C30H30F7N5O. The topological polar surface area (TPSA) is 53.4 Å². The number of amides is 2. The molecule has 0 atom stereocenters. The number of aromatic nitrogens is 2. The van der Waals surface area contributed by atoms with Crippen molar-refractivity contribution in [2.24, 2.45) is 0 Å². The summed E-state index contributed by atoms with van der Waals surface area (Å²) in [6.07, 6.45) is -9.39. The minimum Gasteiger partial charge on any atom is -0.334 e. The van der Waals surface area contributed by atoms with Gasteiger partial charge in [0.1, 0.15) is 11.6 Å². The Labute approximate surface area is 243 Å². The molecule has 4 aromatic rings. The van der Waals surface area contributed by atoms with E-state index < -0.39 is 36.1 Å². The lowest BCUT2D eigenvalue weighted by atomic mass is 10.0. The molecule has 6 nitrogen and oxygen atoms in total. The van der Waals surface area contributed by atoms with Gasteiger partial charge >= 0.3 is 18.4 Å².